The molecule has 1 fully saturated rings. The summed E-state index contributed by atoms with van der Waals surface area (Å²) < 4.78 is 2.23. The summed E-state index contributed by atoms with van der Waals surface area (Å²) in [6, 6.07) is 6.68. The number of piperazine rings is 1. The van der Waals surface area contributed by atoms with E-state index < -0.39 is 0 Å². The van der Waals surface area contributed by atoms with Gasteiger partial charge >= 0.3 is 0 Å². The van der Waals surface area contributed by atoms with Crippen LogP contribution in [0.5, 0.6) is 0 Å². The van der Waals surface area contributed by atoms with Crippen LogP contribution >= 0.6 is 0 Å². The van der Waals surface area contributed by atoms with E-state index in [2.05, 4.69) is 56.5 Å². The van der Waals surface area contributed by atoms with Gasteiger partial charge in [0.15, 0.2) is 0 Å². The van der Waals surface area contributed by atoms with E-state index in [0.717, 1.165) is 45.0 Å². The van der Waals surface area contributed by atoms with Crippen LogP contribution in [0, 0.1) is 0 Å². The van der Waals surface area contributed by atoms with Crippen LogP contribution in [-0.4, -0.2) is 50.0 Å². The van der Waals surface area contributed by atoms with Gasteiger partial charge in [-0.3, -0.25) is 14.8 Å². The second kappa shape index (κ2) is 7.03. The van der Waals surface area contributed by atoms with Gasteiger partial charge in [0.1, 0.15) is 5.82 Å². The number of rotatable bonds is 5. The lowest BCUT2D eigenvalue weighted by atomic mass is 10.1. The van der Waals surface area contributed by atoms with Crippen LogP contribution in [0.3, 0.4) is 0 Å². The van der Waals surface area contributed by atoms with E-state index >= 15 is 0 Å². The van der Waals surface area contributed by atoms with Crippen molar-refractivity contribution in [1.29, 1.82) is 0 Å². The van der Waals surface area contributed by atoms with Crippen LogP contribution in [0.25, 0.3) is 0 Å². The van der Waals surface area contributed by atoms with Gasteiger partial charge < -0.3 is 4.57 Å². The molecule has 1 aliphatic heterocycles. The zero-order chi connectivity index (χ0) is 15.4. The molecule has 118 valence electrons. The number of pyridine rings is 1. The highest BCUT2D eigenvalue weighted by molar-refractivity contribution is 5.04. The van der Waals surface area contributed by atoms with E-state index in [1.54, 1.807) is 0 Å². The van der Waals surface area contributed by atoms with Gasteiger partial charge in [0.2, 0.25) is 0 Å². The van der Waals surface area contributed by atoms with E-state index in [-0.39, 0.29) is 0 Å². The summed E-state index contributed by atoms with van der Waals surface area (Å²) >= 11 is 0. The highest BCUT2D eigenvalue weighted by Crippen LogP contribution is 2.15. The van der Waals surface area contributed by atoms with E-state index in [1.807, 2.05) is 18.5 Å². The third kappa shape index (κ3) is 3.54. The topological polar surface area (TPSA) is 37.2 Å². The van der Waals surface area contributed by atoms with E-state index in [1.165, 1.54) is 5.82 Å². The molecule has 1 atom stereocenters. The normalized spacial score (nSPS) is 20.4. The molecule has 3 rings (SSSR count). The predicted molar refractivity (Wildman–Crippen MR) is 87.3 cm³/mol. The van der Waals surface area contributed by atoms with E-state index in [0.29, 0.717) is 6.04 Å². The molecule has 1 aliphatic rings. The first-order valence-corrected chi connectivity index (χ1v) is 8.12. The molecule has 2 aromatic rings. The maximum absolute atomic E-state index is 4.50. The molecular formula is C17H25N5. The van der Waals surface area contributed by atoms with Crippen LogP contribution in [0.2, 0.25) is 0 Å². The van der Waals surface area contributed by atoms with Crippen molar-refractivity contribution in [3.8, 4) is 0 Å². The molecule has 0 bridgehead atoms. The minimum Gasteiger partial charge on any atom is -0.334 e. The molecule has 0 saturated carbocycles. The Morgan fingerprint density at radius 2 is 2.05 bits per heavy atom. The number of hydrogen-bond donors (Lipinski definition) is 0. The van der Waals surface area contributed by atoms with Gasteiger partial charge in [0.25, 0.3) is 0 Å². The molecule has 0 amide bonds. The van der Waals surface area contributed by atoms with Crippen LogP contribution in [0.1, 0.15) is 25.4 Å². The summed E-state index contributed by atoms with van der Waals surface area (Å²) in [5.41, 5.74) is 1.16. The monoisotopic (exact) mass is 299 g/mol. The van der Waals surface area contributed by atoms with Crippen LogP contribution in [0.4, 0.5) is 0 Å². The zero-order valence-electron chi connectivity index (χ0n) is 13.5. The van der Waals surface area contributed by atoms with E-state index in [4.69, 9.17) is 0 Å². The summed E-state index contributed by atoms with van der Waals surface area (Å²) in [6.07, 6.45) is 5.84. The first kappa shape index (κ1) is 15.2. The molecule has 0 radical (unpaired) electrons. The van der Waals surface area contributed by atoms with Crippen molar-refractivity contribution in [2.75, 3.05) is 19.6 Å². The van der Waals surface area contributed by atoms with Crippen molar-refractivity contribution in [2.45, 2.75) is 39.5 Å². The first-order chi connectivity index (χ1) is 10.8. The fraction of sp³-hybridized carbons (Fsp3) is 0.529. The quantitative estimate of drug-likeness (QED) is 0.846. The van der Waals surface area contributed by atoms with Gasteiger partial charge in [-0.2, -0.15) is 0 Å². The Morgan fingerprint density at radius 3 is 2.77 bits per heavy atom. The molecule has 0 aliphatic carbocycles. The highest BCUT2D eigenvalue weighted by Gasteiger charge is 2.24. The average Bonchev–Trinajstić information content (AvgIpc) is 2.98. The molecule has 2 aromatic heterocycles. The van der Waals surface area contributed by atoms with Crippen LogP contribution in [0.15, 0.2) is 36.8 Å². The molecule has 0 spiro atoms. The first-order valence-electron chi connectivity index (χ1n) is 8.12. The van der Waals surface area contributed by atoms with Crippen molar-refractivity contribution in [2.24, 2.45) is 0 Å². The van der Waals surface area contributed by atoms with Crippen LogP contribution < -0.4 is 0 Å². The Bertz CT molecular complexity index is 580. The summed E-state index contributed by atoms with van der Waals surface area (Å²) in [6.45, 7) is 10.6. The number of hydrogen-bond acceptors (Lipinski definition) is 4. The van der Waals surface area contributed by atoms with Crippen molar-refractivity contribution >= 4 is 0 Å². The van der Waals surface area contributed by atoms with E-state index in [9.17, 15) is 0 Å². The molecule has 5 heteroatoms. The predicted octanol–water partition coefficient (Wildman–Crippen LogP) is 2.00. The second-order valence-electron chi connectivity index (χ2n) is 6.01. The SMILES string of the molecule is CCn1ccnc1CN1CCN(Cc2ccccn2)C[C@@H]1C. The highest BCUT2D eigenvalue weighted by atomic mass is 15.3. The molecule has 5 nitrogen and oxygen atoms in total. The Balaban J connectivity index is 1.56. The fourth-order valence-corrected chi connectivity index (χ4v) is 3.13. The standard InChI is InChI=1S/C17H25N5/c1-3-21-9-8-19-17(21)14-22-11-10-20(12-15(22)2)13-16-6-4-5-7-18-16/h4-9,15H,3,10-14H2,1-2H3/t15-/m0/s1. The fourth-order valence-electron chi connectivity index (χ4n) is 3.13. The zero-order valence-corrected chi connectivity index (χ0v) is 13.5. The largest absolute Gasteiger partial charge is 0.334 e. The van der Waals surface area contributed by atoms with Gasteiger partial charge in [0.05, 0.1) is 12.2 Å². The summed E-state index contributed by atoms with van der Waals surface area (Å²) in [4.78, 5) is 14.0. The average molecular weight is 299 g/mol. The molecule has 22 heavy (non-hydrogen) atoms. The van der Waals surface area contributed by atoms with Crippen molar-refractivity contribution in [3.05, 3.63) is 48.3 Å². The third-order valence-corrected chi connectivity index (χ3v) is 4.45. The van der Waals surface area contributed by atoms with Crippen molar-refractivity contribution in [1.82, 2.24) is 24.3 Å². The maximum Gasteiger partial charge on any atom is 0.122 e. The van der Waals surface area contributed by atoms with Gasteiger partial charge in [-0.1, -0.05) is 6.07 Å². The van der Waals surface area contributed by atoms with Gasteiger partial charge in [-0.25, -0.2) is 4.98 Å². The van der Waals surface area contributed by atoms with Crippen molar-refractivity contribution < 1.29 is 0 Å². The second-order valence-corrected chi connectivity index (χ2v) is 6.01. The van der Waals surface area contributed by atoms with Gasteiger partial charge in [-0.05, 0) is 26.0 Å². The molecule has 0 unspecified atom stereocenters. The number of aryl methyl sites for hydroxylation is 1. The number of nitrogens with zero attached hydrogens (tertiary/aromatic N) is 5. The molecule has 3 heterocycles. The minimum atomic E-state index is 0.541. The van der Waals surface area contributed by atoms with Gasteiger partial charge in [-0.15, -0.1) is 0 Å². The Labute approximate surface area is 132 Å². The summed E-state index contributed by atoms with van der Waals surface area (Å²) in [5.74, 6) is 1.17. The lowest BCUT2D eigenvalue weighted by molar-refractivity contribution is 0.0698. The lowest BCUT2D eigenvalue weighted by Crippen LogP contribution is -2.51. The number of imidazole rings is 1. The Hall–Kier alpha value is -1.72. The third-order valence-electron chi connectivity index (χ3n) is 4.45. The molecule has 0 N–H and O–H groups in total. The summed E-state index contributed by atoms with van der Waals surface area (Å²) in [5, 5.41) is 0. The molecule has 1 saturated heterocycles. The molecular weight excluding hydrogens is 274 g/mol. The maximum atomic E-state index is 4.50. The number of aromatic nitrogens is 3. The lowest BCUT2D eigenvalue weighted by Gasteiger charge is -2.39. The smallest absolute Gasteiger partial charge is 0.122 e. The molecule has 0 aromatic carbocycles. The van der Waals surface area contributed by atoms with Crippen molar-refractivity contribution in [3.63, 3.8) is 0 Å². The van der Waals surface area contributed by atoms with Gasteiger partial charge in [0, 0.05) is 57.4 Å². The summed E-state index contributed by atoms with van der Waals surface area (Å²) in [7, 11) is 0. The van der Waals surface area contributed by atoms with Crippen LogP contribution in [-0.2, 0) is 19.6 Å². The Kier molecular flexibility index (Phi) is 4.85. The Morgan fingerprint density at radius 1 is 1.14 bits per heavy atom. The minimum absolute atomic E-state index is 0.541.